The third-order valence-corrected chi connectivity index (χ3v) is 3.30. The quantitative estimate of drug-likeness (QED) is 0.742. The maximum absolute atomic E-state index is 11.7. The first kappa shape index (κ1) is 14.7. The monoisotopic (exact) mass is 278 g/mol. The van der Waals surface area contributed by atoms with E-state index in [4.69, 9.17) is 10.5 Å². The van der Waals surface area contributed by atoms with E-state index in [9.17, 15) is 9.90 Å². The molecule has 1 aromatic carbocycles. The van der Waals surface area contributed by atoms with Crippen LogP contribution < -0.4 is 11.1 Å². The van der Waals surface area contributed by atoms with Crippen molar-refractivity contribution in [3.63, 3.8) is 0 Å². The predicted molar refractivity (Wildman–Crippen MR) is 77.9 cm³/mol. The minimum absolute atomic E-state index is 0.251. The summed E-state index contributed by atoms with van der Waals surface area (Å²) in [5.74, 6) is 0.971. The number of nitrogens with two attached hydrogens (primary N) is 1. The van der Waals surface area contributed by atoms with Crippen molar-refractivity contribution in [2.75, 3.05) is 11.9 Å². The van der Waals surface area contributed by atoms with Crippen molar-refractivity contribution in [2.24, 2.45) is 11.7 Å². The highest BCUT2D eigenvalue weighted by Gasteiger charge is 2.38. The molecule has 0 heterocycles. The second kappa shape index (κ2) is 5.32. The van der Waals surface area contributed by atoms with E-state index >= 15 is 0 Å². The van der Waals surface area contributed by atoms with Crippen LogP contribution in [0.3, 0.4) is 0 Å². The van der Waals surface area contributed by atoms with Crippen LogP contribution in [0.25, 0.3) is 0 Å². The van der Waals surface area contributed by atoms with Crippen molar-refractivity contribution in [2.45, 2.75) is 38.7 Å². The van der Waals surface area contributed by atoms with Gasteiger partial charge >= 0.3 is 6.09 Å². The number of benzene rings is 1. The molecule has 1 aliphatic carbocycles. The molecule has 4 N–H and O–H groups in total. The maximum Gasteiger partial charge on any atom is 0.412 e. The first-order valence-corrected chi connectivity index (χ1v) is 6.83. The predicted octanol–water partition coefficient (Wildman–Crippen LogP) is 2.80. The molecule has 0 saturated heterocycles. The van der Waals surface area contributed by atoms with Crippen LogP contribution in [0.4, 0.5) is 10.5 Å². The van der Waals surface area contributed by atoms with Gasteiger partial charge in [-0.3, -0.25) is 5.32 Å². The summed E-state index contributed by atoms with van der Waals surface area (Å²) >= 11 is 0. The first-order chi connectivity index (χ1) is 9.30. The molecule has 0 aromatic heterocycles. The molecule has 0 spiro atoms. The summed E-state index contributed by atoms with van der Waals surface area (Å²) in [6, 6.07) is 5.04. The maximum atomic E-state index is 11.7. The van der Waals surface area contributed by atoms with Gasteiger partial charge in [0.05, 0.1) is 0 Å². The first-order valence-electron chi connectivity index (χ1n) is 6.83. The average molecular weight is 278 g/mol. The number of phenolic OH excluding ortho intramolecular Hbond substituents is 1. The van der Waals surface area contributed by atoms with Crippen LogP contribution >= 0.6 is 0 Å². The number of carbonyl (C=O) groups excluding carboxylic acids is 1. The zero-order valence-electron chi connectivity index (χ0n) is 12.1. The zero-order valence-corrected chi connectivity index (χ0v) is 12.1. The van der Waals surface area contributed by atoms with Crippen LogP contribution in [-0.2, 0) is 4.74 Å². The smallest absolute Gasteiger partial charge is 0.412 e. The standard InChI is InChI=1S/C15H22N2O3/c1-15(2,3)20-14(19)17-10-4-5-13(18)12(7-10)11-6-9(11)8-16/h4-5,7,9,11,18H,6,8,16H2,1-3H3,(H,17,19). The van der Waals surface area contributed by atoms with Gasteiger partial charge in [-0.1, -0.05) is 0 Å². The van der Waals surface area contributed by atoms with E-state index in [0.29, 0.717) is 24.1 Å². The molecule has 1 amide bonds. The van der Waals surface area contributed by atoms with Gasteiger partial charge in [-0.2, -0.15) is 0 Å². The molecule has 0 bridgehead atoms. The Labute approximate surface area is 119 Å². The molecule has 0 radical (unpaired) electrons. The van der Waals surface area contributed by atoms with Crippen LogP contribution in [-0.4, -0.2) is 23.3 Å². The Morgan fingerprint density at radius 2 is 2.20 bits per heavy atom. The Kier molecular flexibility index (Phi) is 3.90. The van der Waals surface area contributed by atoms with E-state index in [2.05, 4.69) is 5.32 Å². The number of hydrogen-bond donors (Lipinski definition) is 3. The highest BCUT2D eigenvalue weighted by atomic mass is 16.6. The van der Waals surface area contributed by atoms with Gasteiger partial charge in [0.15, 0.2) is 0 Å². The summed E-state index contributed by atoms with van der Waals surface area (Å²) < 4.78 is 5.20. The third kappa shape index (κ3) is 3.63. The molecule has 1 fully saturated rings. The Bertz CT molecular complexity index is 508. The zero-order chi connectivity index (χ0) is 14.9. The summed E-state index contributed by atoms with van der Waals surface area (Å²) in [6.07, 6.45) is 0.486. The van der Waals surface area contributed by atoms with Gasteiger partial charge in [0.1, 0.15) is 11.4 Å². The van der Waals surface area contributed by atoms with Crippen molar-refractivity contribution >= 4 is 11.8 Å². The third-order valence-electron chi connectivity index (χ3n) is 3.30. The van der Waals surface area contributed by atoms with Crippen molar-refractivity contribution in [1.29, 1.82) is 0 Å². The summed E-state index contributed by atoms with van der Waals surface area (Å²) in [5, 5.41) is 12.6. The van der Waals surface area contributed by atoms with Crippen LogP contribution in [0.15, 0.2) is 18.2 Å². The number of nitrogens with one attached hydrogen (secondary N) is 1. The van der Waals surface area contributed by atoms with Crippen LogP contribution in [0.2, 0.25) is 0 Å². The average Bonchev–Trinajstić information content (AvgIpc) is 3.08. The van der Waals surface area contributed by atoms with Gasteiger partial charge in [-0.15, -0.1) is 0 Å². The molecule has 0 aliphatic heterocycles. The highest BCUT2D eigenvalue weighted by Crippen LogP contribution is 2.50. The summed E-state index contributed by atoms with van der Waals surface area (Å²) in [4.78, 5) is 11.7. The van der Waals surface area contributed by atoms with Gasteiger partial charge in [0, 0.05) is 5.69 Å². The minimum atomic E-state index is -0.537. The SMILES string of the molecule is CC(C)(C)OC(=O)Nc1ccc(O)c(C2CC2CN)c1. The van der Waals surface area contributed by atoms with E-state index in [-0.39, 0.29) is 5.75 Å². The van der Waals surface area contributed by atoms with Gasteiger partial charge in [-0.05, 0) is 69.3 Å². The number of ether oxygens (including phenoxy) is 1. The summed E-state index contributed by atoms with van der Waals surface area (Å²) in [5.41, 5.74) is 6.55. The fourth-order valence-corrected chi connectivity index (χ4v) is 2.24. The Morgan fingerprint density at radius 3 is 2.75 bits per heavy atom. The summed E-state index contributed by atoms with van der Waals surface area (Å²) in [7, 11) is 0. The normalized spacial score (nSPS) is 21.4. The number of amides is 1. The Hall–Kier alpha value is -1.75. The molecule has 2 unspecified atom stereocenters. The van der Waals surface area contributed by atoms with Crippen molar-refractivity contribution in [3.05, 3.63) is 23.8 Å². The van der Waals surface area contributed by atoms with E-state index in [1.165, 1.54) is 0 Å². The van der Waals surface area contributed by atoms with Crippen molar-refractivity contribution < 1.29 is 14.6 Å². The molecule has 2 rings (SSSR count). The van der Waals surface area contributed by atoms with Gasteiger partial charge in [0.2, 0.25) is 0 Å². The second-order valence-corrected chi connectivity index (χ2v) is 6.24. The lowest BCUT2D eigenvalue weighted by Crippen LogP contribution is -2.27. The number of aromatic hydroxyl groups is 1. The molecule has 5 nitrogen and oxygen atoms in total. The van der Waals surface area contributed by atoms with E-state index in [1.54, 1.807) is 18.2 Å². The number of carbonyl (C=O) groups is 1. The molecule has 2 atom stereocenters. The molecule has 20 heavy (non-hydrogen) atoms. The largest absolute Gasteiger partial charge is 0.508 e. The minimum Gasteiger partial charge on any atom is -0.508 e. The highest BCUT2D eigenvalue weighted by molar-refractivity contribution is 5.85. The second-order valence-electron chi connectivity index (χ2n) is 6.24. The molecular formula is C15H22N2O3. The fourth-order valence-electron chi connectivity index (χ4n) is 2.24. The summed E-state index contributed by atoms with van der Waals surface area (Å²) in [6.45, 7) is 6.05. The molecule has 1 saturated carbocycles. The number of anilines is 1. The number of phenols is 1. The van der Waals surface area contributed by atoms with Gasteiger partial charge in [0.25, 0.3) is 0 Å². The van der Waals surface area contributed by atoms with E-state index < -0.39 is 11.7 Å². The molecule has 1 aliphatic rings. The fraction of sp³-hybridized carbons (Fsp3) is 0.533. The van der Waals surface area contributed by atoms with Crippen molar-refractivity contribution in [1.82, 2.24) is 0 Å². The topological polar surface area (TPSA) is 84.6 Å². The molecule has 110 valence electrons. The van der Waals surface area contributed by atoms with Gasteiger partial charge in [-0.25, -0.2) is 4.79 Å². The lowest BCUT2D eigenvalue weighted by Gasteiger charge is -2.20. The number of rotatable bonds is 3. The Balaban J connectivity index is 2.06. The van der Waals surface area contributed by atoms with E-state index in [1.807, 2.05) is 20.8 Å². The van der Waals surface area contributed by atoms with Crippen LogP contribution in [0.1, 0.15) is 38.7 Å². The van der Waals surface area contributed by atoms with Crippen LogP contribution in [0, 0.1) is 5.92 Å². The molecular weight excluding hydrogens is 256 g/mol. The Morgan fingerprint density at radius 1 is 1.50 bits per heavy atom. The number of hydrogen-bond acceptors (Lipinski definition) is 4. The van der Waals surface area contributed by atoms with Crippen molar-refractivity contribution in [3.8, 4) is 5.75 Å². The van der Waals surface area contributed by atoms with E-state index in [0.717, 1.165) is 12.0 Å². The molecule has 5 heteroatoms. The lowest BCUT2D eigenvalue weighted by molar-refractivity contribution is 0.0636. The van der Waals surface area contributed by atoms with Gasteiger partial charge < -0.3 is 15.6 Å². The molecule has 1 aromatic rings. The van der Waals surface area contributed by atoms with Crippen LogP contribution in [0.5, 0.6) is 5.75 Å². The lowest BCUT2D eigenvalue weighted by atomic mass is 10.1.